The van der Waals surface area contributed by atoms with Crippen molar-refractivity contribution in [3.63, 3.8) is 0 Å². The molecule has 3 aromatic rings. The van der Waals surface area contributed by atoms with Crippen molar-refractivity contribution in [3.8, 4) is 16.9 Å². The number of H-pyrrole nitrogens is 1. The topological polar surface area (TPSA) is 62.4 Å². The number of amides is 1. The number of likely N-dealkylation sites (N-methyl/N-ethyl adjacent to an activating group) is 1. The van der Waals surface area contributed by atoms with Crippen LogP contribution in [-0.4, -0.2) is 36.0 Å². The second-order valence-electron chi connectivity index (χ2n) is 6.56. The number of aromatic nitrogens is 1. The number of fused-ring (bicyclic) bond motifs is 1. The number of rotatable bonds is 4. The molecule has 1 N–H and O–H groups in total. The smallest absolute Gasteiger partial charge is 0.262 e. The van der Waals surface area contributed by atoms with Crippen LogP contribution in [0.25, 0.3) is 22.0 Å². The summed E-state index contributed by atoms with van der Waals surface area (Å²) in [4.78, 5) is 28.5. The van der Waals surface area contributed by atoms with E-state index in [9.17, 15) is 9.59 Å². The number of benzene rings is 2. The Kier molecular flexibility index (Phi) is 4.80. The molecule has 1 heterocycles. The number of ether oxygens (including phenoxy) is 1. The predicted molar refractivity (Wildman–Crippen MR) is 104 cm³/mol. The van der Waals surface area contributed by atoms with Gasteiger partial charge in [-0.2, -0.15) is 0 Å². The van der Waals surface area contributed by atoms with Crippen LogP contribution in [0.1, 0.15) is 12.5 Å². The standard InChI is InChI=1S/C21H22N2O3/c1-13-7-5-6-8-16(13)18-12-20(24)22-19-11-15(9-10-17(18)19)26-14(2)21(25)23(3)4/h5-12,14H,1-4H3,(H,22,24)/t14-/m0/s1. The molecule has 0 aliphatic carbocycles. The summed E-state index contributed by atoms with van der Waals surface area (Å²) in [5.41, 5.74) is 3.51. The van der Waals surface area contributed by atoms with Gasteiger partial charge < -0.3 is 14.6 Å². The first kappa shape index (κ1) is 17.7. The minimum atomic E-state index is -0.603. The third-order valence-corrected chi connectivity index (χ3v) is 4.35. The fourth-order valence-electron chi connectivity index (χ4n) is 3.03. The molecule has 26 heavy (non-hydrogen) atoms. The molecule has 0 radical (unpaired) electrons. The van der Waals surface area contributed by atoms with Crippen LogP contribution in [0.2, 0.25) is 0 Å². The van der Waals surface area contributed by atoms with Crippen LogP contribution in [0.5, 0.6) is 5.75 Å². The van der Waals surface area contributed by atoms with E-state index < -0.39 is 6.10 Å². The molecule has 0 aliphatic heterocycles. The van der Waals surface area contributed by atoms with Crippen LogP contribution < -0.4 is 10.3 Å². The molecule has 0 spiro atoms. The first-order valence-electron chi connectivity index (χ1n) is 8.47. The van der Waals surface area contributed by atoms with Crippen molar-refractivity contribution in [2.24, 2.45) is 0 Å². The molecule has 134 valence electrons. The van der Waals surface area contributed by atoms with Gasteiger partial charge in [0.15, 0.2) is 6.10 Å². The number of nitrogens with zero attached hydrogens (tertiary/aromatic N) is 1. The molecule has 1 atom stereocenters. The van der Waals surface area contributed by atoms with Crippen molar-refractivity contribution in [2.75, 3.05) is 14.1 Å². The average Bonchev–Trinajstić information content (AvgIpc) is 2.60. The molecule has 5 nitrogen and oxygen atoms in total. The zero-order chi connectivity index (χ0) is 18.8. The largest absolute Gasteiger partial charge is 0.481 e. The van der Waals surface area contributed by atoms with E-state index in [-0.39, 0.29) is 11.5 Å². The maximum absolute atomic E-state index is 12.2. The summed E-state index contributed by atoms with van der Waals surface area (Å²) in [5, 5.41) is 0.929. The van der Waals surface area contributed by atoms with Gasteiger partial charge in [-0.25, -0.2) is 0 Å². The molecule has 1 aromatic heterocycles. The third kappa shape index (κ3) is 3.47. The van der Waals surface area contributed by atoms with Gasteiger partial charge in [-0.1, -0.05) is 24.3 Å². The molecule has 0 saturated carbocycles. The maximum atomic E-state index is 12.2. The Morgan fingerprint density at radius 2 is 1.81 bits per heavy atom. The monoisotopic (exact) mass is 350 g/mol. The minimum absolute atomic E-state index is 0.118. The van der Waals surface area contributed by atoms with Crippen molar-refractivity contribution in [3.05, 3.63) is 64.4 Å². The summed E-state index contributed by atoms with van der Waals surface area (Å²) in [6, 6.07) is 15.1. The number of carbonyl (C=O) groups excluding carboxylic acids is 1. The van der Waals surface area contributed by atoms with Crippen LogP contribution in [0.15, 0.2) is 53.3 Å². The molecule has 0 saturated heterocycles. The normalized spacial score (nSPS) is 12.0. The van der Waals surface area contributed by atoms with Crippen LogP contribution in [0.4, 0.5) is 0 Å². The summed E-state index contributed by atoms with van der Waals surface area (Å²) >= 11 is 0. The summed E-state index contributed by atoms with van der Waals surface area (Å²) in [5.74, 6) is 0.421. The number of hydrogen-bond acceptors (Lipinski definition) is 3. The van der Waals surface area contributed by atoms with E-state index in [0.717, 1.165) is 22.1 Å². The van der Waals surface area contributed by atoms with E-state index in [4.69, 9.17) is 4.74 Å². The van der Waals surface area contributed by atoms with Gasteiger partial charge in [0.05, 0.1) is 5.52 Å². The molecule has 3 rings (SSSR count). The highest BCUT2D eigenvalue weighted by molar-refractivity contribution is 5.95. The van der Waals surface area contributed by atoms with Crippen molar-refractivity contribution < 1.29 is 9.53 Å². The summed E-state index contributed by atoms with van der Waals surface area (Å²) in [7, 11) is 3.38. The Morgan fingerprint density at radius 1 is 1.08 bits per heavy atom. The van der Waals surface area contributed by atoms with Crippen molar-refractivity contribution in [1.82, 2.24) is 9.88 Å². The van der Waals surface area contributed by atoms with Gasteiger partial charge in [-0.05, 0) is 42.7 Å². The van der Waals surface area contributed by atoms with Gasteiger partial charge in [0, 0.05) is 31.6 Å². The quantitative estimate of drug-likeness (QED) is 0.785. The fraction of sp³-hybridized carbons (Fsp3) is 0.238. The van der Waals surface area contributed by atoms with Gasteiger partial charge in [-0.15, -0.1) is 0 Å². The fourth-order valence-corrected chi connectivity index (χ4v) is 3.03. The number of aryl methyl sites for hydroxylation is 1. The first-order valence-corrected chi connectivity index (χ1v) is 8.47. The Bertz CT molecular complexity index is 1020. The molecule has 2 aromatic carbocycles. The lowest BCUT2D eigenvalue weighted by Crippen LogP contribution is -2.35. The molecule has 0 unspecified atom stereocenters. The number of pyridine rings is 1. The lowest BCUT2D eigenvalue weighted by Gasteiger charge is -2.18. The van der Waals surface area contributed by atoms with E-state index >= 15 is 0 Å². The van der Waals surface area contributed by atoms with Gasteiger partial charge >= 0.3 is 0 Å². The third-order valence-electron chi connectivity index (χ3n) is 4.35. The molecular weight excluding hydrogens is 328 g/mol. The van der Waals surface area contributed by atoms with Crippen LogP contribution in [0, 0.1) is 6.92 Å². The van der Waals surface area contributed by atoms with Gasteiger partial charge in [0.2, 0.25) is 5.56 Å². The Labute approximate surface area is 152 Å². The second-order valence-corrected chi connectivity index (χ2v) is 6.56. The Hall–Kier alpha value is -3.08. The van der Waals surface area contributed by atoms with Crippen LogP contribution >= 0.6 is 0 Å². The molecule has 5 heteroatoms. The maximum Gasteiger partial charge on any atom is 0.262 e. The second kappa shape index (κ2) is 7.04. The van der Waals surface area contributed by atoms with E-state index in [1.807, 2.05) is 43.3 Å². The minimum Gasteiger partial charge on any atom is -0.481 e. The van der Waals surface area contributed by atoms with Crippen molar-refractivity contribution in [1.29, 1.82) is 0 Å². The highest BCUT2D eigenvalue weighted by Gasteiger charge is 2.17. The van der Waals surface area contributed by atoms with E-state index in [1.54, 1.807) is 33.2 Å². The van der Waals surface area contributed by atoms with Gasteiger partial charge in [0.25, 0.3) is 5.91 Å². The SMILES string of the molecule is Cc1ccccc1-c1cc(=O)[nH]c2cc(O[C@@H](C)C(=O)N(C)C)ccc12. The number of nitrogens with one attached hydrogen (secondary N) is 1. The zero-order valence-electron chi connectivity index (χ0n) is 15.4. The lowest BCUT2D eigenvalue weighted by molar-refractivity contribution is -0.135. The summed E-state index contributed by atoms with van der Waals surface area (Å²) in [6.07, 6.45) is -0.603. The van der Waals surface area contributed by atoms with Crippen LogP contribution in [-0.2, 0) is 4.79 Å². The molecule has 0 aliphatic rings. The lowest BCUT2D eigenvalue weighted by atomic mass is 9.97. The average molecular weight is 350 g/mol. The van der Waals surface area contributed by atoms with Gasteiger partial charge in [-0.3, -0.25) is 9.59 Å². The van der Waals surface area contributed by atoms with E-state index in [0.29, 0.717) is 11.3 Å². The Balaban J connectivity index is 2.05. The van der Waals surface area contributed by atoms with E-state index in [2.05, 4.69) is 4.98 Å². The number of aromatic amines is 1. The first-order chi connectivity index (χ1) is 12.4. The molecule has 0 bridgehead atoms. The molecule has 0 fully saturated rings. The summed E-state index contributed by atoms with van der Waals surface area (Å²) in [6.45, 7) is 3.73. The highest BCUT2D eigenvalue weighted by atomic mass is 16.5. The van der Waals surface area contributed by atoms with Crippen molar-refractivity contribution >= 4 is 16.8 Å². The number of hydrogen-bond donors (Lipinski definition) is 1. The zero-order valence-corrected chi connectivity index (χ0v) is 15.4. The molecular formula is C21H22N2O3. The van der Waals surface area contributed by atoms with E-state index in [1.165, 1.54) is 4.90 Å². The number of carbonyl (C=O) groups is 1. The Morgan fingerprint density at radius 3 is 2.50 bits per heavy atom. The molecule has 1 amide bonds. The van der Waals surface area contributed by atoms with Crippen LogP contribution in [0.3, 0.4) is 0 Å². The highest BCUT2D eigenvalue weighted by Crippen LogP contribution is 2.30. The summed E-state index contributed by atoms with van der Waals surface area (Å²) < 4.78 is 5.74. The predicted octanol–water partition coefficient (Wildman–Crippen LogP) is 3.36. The van der Waals surface area contributed by atoms with Gasteiger partial charge in [0.1, 0.15) is 5.75 Å². The van der Waals surface area contributed by atoms with Crippen molar-refractivity contribution in [2.45, 2.75) is 20.0 Å².